The van der Waals surface area contributed by atoms with Gasteiger partial charge >= 0.3 is 0 Å². The fourth-order valence-corrected chi connectivity index (χ4v) is 1.21. The Kier molecular flexibility index (Phi) is 6.90. The second-order valence-electron chi connectivity index (χ2n) is 3.60. The molecule has 0 heterocycles. The van der Waals surface area contributed by atoms with Gasteiger partial charge in [0.15, 0.2) is 0 Å². The largest absolute Gasteiger partial charge is 0.393 e. The average molecular weight is 168 g/mol. The molecule has 0 fully saturated rings. The van der Waals surface area contributed by atoms with Crippen molar-refractivity contribution in [3.8, 4) is 11.8 Å². The number of rotatable bonds is 5. The molecule has 0 aliphatic rings. The molecule has 0 radical (unpaired) electrons. The van der Waals surface area contributed by atoms with Gasteiger partial charge < -0.3 is 5.11 Å². The number of aliphatic hydroxyl groups excluding tert-OH is 1. The van der Waals surface area contributed by atoms with Crippen LogP contribution in [0, 0.1) is 17.8 Å². The Hall–Kier alpha value is -0.480. The first-order valence-electron chi connectivity index (χ1n) is 4.74. The van der Waals surface area contributed by atoms with Crippen LogP contribution in [0.5, 0.6) is 0 Å². The predicted octanol–water partition coefficient (Wildman–Crippen LogP) is 2.59. The SMILES string of the molecule is CC#CCCCC(O)CC(C)C. The molecular formula is C11H20O. The number of hydrogen-bond donors (Lipinski definition) is 1. The first-order valence-corrected chi connectivity index (χ1v) is 4.74. The molecule has 1 N–H and O–H groups in total. The van der Waals surface area contributed by atoms with Crippen molar-refractivity contribution in [2.45, 2.75) is 52.6 Å². The van der Waals surface area contributed by atoms with Gasteiger partial charge in [-0.25, -0.2) is 0 Å². The first kappa shape index (κ1) is 11.5. The van der Waals surface area contributed by atoms with Crippen molar-refractivity contribution in [1.82, 2.24) is 0 Å². The van der Waals surface area contributed by atoms with Gasteiger partial charge in [0.2, 0.25) is 0 Å². The van der Waals surface area contributed by atoms with Crippen molar-refractivity contribution < 1.29 is 5.11 Å². The summed E-state index contributed by atoms with van der Waals surface area (Å²) in [6.07, 6.45) is 3.64. The van der Waals surface area contributed by atoms with Gasteiger partial charge in [-0.3, -0.25) is 0 Å². The van der Waals surface area contributed by atoms with Gasteiger partial charge in [0.1, 0.15) is 0 Å². The third kappa shape index (κ3) is 7.63. The molecule has 70 valence electrons. The fourth-order valence-electron chi connectivity index (χ4n) is 1.21. The monoisotopic (exact) mass is 168 g/mol. The molecule has 1 nitrogen and oxygen atoms in total. The molecule has 1 atom stereocenters. The van der Waals surface area contributed by atoms with E-state index in [2.05, 4.69) is 25.7 Å². The van der Waals surface area contributed by atoms with Crippen LogP contribution in [0.2, 0.25) is 0 Å². The summed E-state index contributed by atoms with van der Waals surface area (Å²) in [7, 11) is 0. The molecule has 0 bridgehead atoms. The van der Waals surface area contributed by atoms with Crippen LogP contribution in [-0.4, -0.2) is 11.2 Å². The van der Waals surface area contributed by atoms with E-state index in [1.807, 2.05) is 6.92 Å². The van der Waals surface area contributed by atoms with Crippen molar-refractivity contribution >= 4 is 0 Å². The third-order valence-corrected chi connectivity index (χ3v) is 1.76. The molecule has 0 saturated carbocycles. The minimum atomic E-state index is -0.122. The van der Waals surface area contributed by atoms with Crippen LogP contribution in [0.3, 0.4) is 0 Å². The molecule has 0 spiro atoms. The zero-order chi connectivity index (χ0) is 9.40. The number of aliphatic hydroxyl groups is 1. The van der Waals surface area contributed by atoms with E-state index in [1.54, 1.807) is 0 Å². The van der Waals surface area contributed by atoms with Gasteiger partial charge in [0, 0.05) is 6.42 Å². The van der Waals surface area contributed by atoms with Gasteiger partial charge in [-0.15, -0.1) is 11.8 Å². The lowest BCUT2D eigenvalue weighted by Gasteiger charge is -2.11. The van der Waals surface area contributed by atoms with Crippen molar-refractivity contribution in [1.29, 1.82) is 0 Å². The predicted molar refractivity (Wildman–Crippen MR) is 52.8 cm³/mol. The highest BCUT2D eigenvalue weighted by molar-refractivity contribution is 4.94. The Morgan fingerprint density at radius 3 is 2.50 bits per heavy atom. The van der Waals surface area contributed by atoms with Crippen LogP contribution in [0.1, 0.15) is 46.5 Å². The van der Waals surface area contributed by atoms with Crippen LogP contribution in [0.15, 0.2) is 0 Å². The highest BCUT2D eigenvalue weighted by atomic mass is 16.3. The zero-order valence-corrected chi connectivity index (χ0v) is 8.43. The smallest absolute Gasteiger partial charge is 0.0543 e. The molecule has 0 aromatic heterocycles. The lowest BCUT2D eigenvalue weighted by molar-refractivity contribution is 0.137. The maximum Gasteiger partial charge on any atom is 0.0543 e. The molecule has 0 amide bonds. The Balaban J connectivity index is 3.29. The van der Waals surface area contributed by atoms with Crippen molar-refractivity contribution in [2.24, 2.45) is 5.92 Å². The third-order valence-electron chi connectivity index (χ3n) is 1.76. The van der Waals surface area contributed by atoms with Crippen LogP contribution in [0.4, 0.5) is 0 Å². The lowest BCUT2D eigenvalue weighted by Crippen LogP contribution is -2.09. The number of hydrogen-bond acceptors (Lipinski definition) is 1. The first-order chi connectivity index (χ1) is 5.66. The summed E-state index contributed by atoms with van der Waals surface area (Å²) in [5.41, 5.74) is 0. The minimum absolute atomic E-state index is 0.122. The van der Waals surface area contributed by atoms with Crippen LogP contribution in [0.25, 0.3) is 0 Å². The highest BCUT2D eigenvalue weighted by Crippen LogP contribution is 2.10. The van der Waals surface area contributed by atoms with E-state index < -0.39 is 0 Å². The lowest BCUT2D eigenvalue weighted by atomic mass is 10.0. The molecular weight excluding hydrogens is 148 g/mol. The molecule has 0 aliphatic carbocycles. The summed E-state index contributed by atoms with van der Waals surface area (Å²) in [4.78, 5) is 0. The molecule has 1 unspecified atom stereocenters. The molecule has 1 heteroatoms. The maximum absolute atomic E-state index is 9.47. The Labute approximate surface area is 76.2 Å². The molecule has 0 saturated heterocycles. The fraction of sp³-hybridized carbons (Fsp3) is 0.818. The minimum Gasteiger partial charge on any atom is -0.393 e. The molecule has 12 heavy (non-hydrogen) atoms. The highest BCUT2D eigenvalue weighted by Gasteiger charge is 2.05. The molecule has 0 aromatic rings. The normalized spacial score (nSPS) is 12.4. The maximum atomic E-state index is 9.47. The molecule has 0 aromatic carbocycles. The van der Waals surface area contributed by atoms with Crippen molar-refractivity contribution in [2.75, 3.05) is 0 Å². The Morgan fingerprint density at radius 1 is 1.33 bits per heavy atom. The summed E-state index contributed by atoms with van der Waals surface area (Å²) in [5, 5.41) is 9.47. The van der Waals surface area contributed by atoms with Crippen LogP contribution >= 0.6 is 0 Å². The number of unbranched alkanes of at least 4 members (excludes halogenated alkanes) is 1. The van der Waals surface area contributed by atoms with Gasteiger partial charge in [0.05, 0.1) is 6.10 Å². The Morgan fingerprint density at radius 2 is 2.00 bits per heavy atom. The van der Waals surface area contributed by atoms with E-state index in [0.717, 1.165) is 25.7 Å². The summed E-state index contributed by atoms with van der Waals surface area (Å²) in [6, 6.07) is 0. The van der Waals surface area contributed by atoms with E-state index in [9.17, 15) is 5.11 Å². The summed E-state index contributed by atoms with van der Waals surface area (Å²) in [5.74, 6) is 6.44. The summed E-state index contributed by atoms with van der Waals surface area (Å²) < 4.78 is 0. The summed E-state index contributed by atoms with van der Waals surface area (Å²) in [6.45, 7) is 6.12. The standard InChI is InChI=1S/C11H20O/c1-4-5-6-7-8-11(12)9-10(2)3/h10-12H,6-9H2,1-3H3. The van der Waals surface area contributed by atoms with Gasteiger partial charge in [-0.2, -0.15) is 0 Å². The van der Waals surface area contributed by atoms with Gasteiger partial charge in [-0.1, -0.05) is 13.8 Å². The zero-order valence-electron chi connectivity index (χ0n) is 8.43. The summed E-state index contributed by atoms with van der Waals surface area (Å²) >= 11 is 0. The molecule has 0 aliphatic heterocycles. The second-order valence-corrected chi connectivity index (χ2v) is 3.60. The topological polar surface area (TPSA) is 20.2 Å². The van der Waals surface area contributed by atoms with Crippen molar-refractivity contribution in [3.63, 3.8) is 0 Å². The quantitative estimate of drug-likeness (QED) is 0.494. The van der Waals surface area contributed by atoms with Crippen molar-refractivity contribution in [3.05, 3.63) is 0 Å². The Bertz CT molecular complexity index is 150. The van der Waals surface area contributed by atoms with E-state index in [-0.39, 0.29) is 6.10 Å². The van der Waals surface area contributed by atoms with E-state index in [1.165, 1.54) is 0 Å². The van der Waals surface area contributed by atoms with Crippen LogP contribution < -0.4 is 0 Å². The van der Waals surface area contributed by atoms with Gasteiger partial charge in [0.25, 0.3) is 0 Å². The van der Waals surface area contributed by atoms with E-state index in [4.69, 9.17) is 0 Å². The second kappa shape index (κ2) is 7.18. The van der Waals surface area contributed by atoms with E-state index in [0.29, 0.717) is 5.92 Å². The van der Waals surface area contributed by atoms with E-state index >= 15 is 0 Å². The molecule has 0 rings (SSSR count). The average Bonchev–Trinajstić information content (AvgIpc) is 1.97. The van der Waals surface area contributed by atoms with Gasteiger partial charge in [-0.05, 0) is 32.1 Å². The van der Waals surface area contributed by atoms with Crippen LogP contribution in [-0.2, 0) is 0 Å².